The molecule has 0 spiro atoms. The number of hydrogen-bond donors (Lipinski definition) is 7. The lowest BCUT2D eigenvalue weighted by Gasteiger charge is -2.18. The number of nitrogens with zero attached hydrogens (tertiary/aromatic N) is 9. The summed E-state index contributed by atoms with van der Waals surface area (Å²) in [5.41, 5.74) is 10.2. The number of aliphatic carboxylic acids is 4. The number of carboxylic acid groups (broad SMARTS) is 4. The molecule has 0 fully saturated rings. The predicted molar refractivity (Wildman–Crippen MR) is 258 cm³/mol. The second kappa shape index (κ2) is 26.7. The first-order valence-electron chi connectivity index (χ1n) is 22.6. The Labute approximate surface area is 397 Å². The smallest absolute Gasteiger partial charge is 0.414 e. The average Bonchev–Trinajstić information content (AvgIpc) is 4.21. The van der Waals surface area contributed by atoms with Crippen LogP contribution in [0.15, 0.2) is 130 Å². The SMILES string of the molecule is CCCCC(c1ccc2[nH]cnc2c1)n1ccnc1.CCCCC(c1ccc2[nH]cnc2c1)n1ccnc1.CCCCC(c1ccc2[nH]cnc2c1)n1ccnc1.O=C(O)C(=O)O.O=C(O)C(=O)O. The Morgan fingerprint density at radius 3 is 0.957 bits per heavy atom. The van der Waals surface area contributed by atoms with Gasteiger partial charge < -0.3 is 49.1 Å². The fraction of sp³-hybridized carbons (Fsp3) is 0.306. The fourth-order valence-electron chi connectivity index (χ4n) is 7.49. The quantitative estimate of drug-likeness (QED) is 0.0472. The molecular formula is C49H58N12O8. The molecule has 9 aromatic rings. The molecule has 0 bridgehead atoms. The first-order valence-corrected chi connectivity index (χ1v) is 22.6. The van der Waals surface area contributed by atoms with Crippen molar-refractivity contribution in [3.05, 3.63) is 146 Å². The summed E-state index contributed by atoms with van der Waals surface area (Å²) in [4.78, 5) is 71.3. The van der Waals surface area contributed by atoms with Gasteiger partial charge >= 0.3 is 23.9 Å². The van der Waals surface area contributed by atoms with Gasteiger partial charge in [0.05, 0.1) is 89.2 Å². The first-order chi connectivity index (χ1) is 33.4. The van der Waals surface area contributed by atoms with Crippen LogP contribution in [-0.4, -0.2) is 103 Å². The molecule has 20 nitrogen and oxygen atoms in total. The van der Waals surface area contributed by atoms with Crippen molar-refractivity contribution in [2.45, 2.75) is 96.7 Å². The molecule has 0 saturated heterocycles. The van der Waals surface area contributed by atoms with Gasteiger partial charge in [-0.05, 0) is 72.4 Å². The van der Waals surface area contributed by atoms with Crippen LogP contribution in [0.4, 0.5) is 0 Å². The predicted octanol–water partition coefficient (Wildman–Crippen LogP) is 8.93. The van der Waals surface area contributed by atoms with Crippen molar-refractivity contribution in [2.24, 2.45) is 0 Å². The molecule has 3 aromatic carbocycles. The molecule has 362 valence electrons. The van der Waals surface area contributed by atoms with Gasteiger partial charge in [-0.25, -0.2) is 49.1 Å². The van der Waals surface area contributed by atoms with Crippen LogP contribution in [0.1, 0.15) is 113 Å². The van der Waals surface area contributed by atoms with Crippen LogP contribution in [-0.2, 0) is 19.2 Å². The maximum absolute atomic E-state index is 9.10. The lowest BCUT2D eigenvalue weighted by molar-refractivity contribution is -0.159. The number of nitrogens with one attached hydrogen (secondary N) is 3. The Balaban J connectivity index is 0.000000173. The second-order valence-electron chi connectivity index (χ2n) is 15.8. The van der Waals surface area contributed by atoms with Crippen LogP contribution in [0.25, 0.3) is 33.1 Å². The van der Waals surface area contributed by atoms with E-state index in [0.717, 1.165) is 52.4 Å². The zero-order valence-electron chi connectivity index (χ0n) is 38.7. The van der Waals surface area contributed by atoms with Crippen molar-refractivity contribution in [1.82, 2.24) is 58.6 Å². The average molecular weight is 943 g/mol. The van der Waals surface area contributed by atoms with Crippen molar-refractivity contribution < 1.29 is 39.6 Å². The Kier molecular flexibility index (Phi) is 19.9. The van der Waals surface area contributed by atoms with Gasteiger partial charge in [-0.3, -0.25) is 0 Å². The Morgan fingerprint density at radius 2 is 0.739 bits per heavy atom. The van der Waals surface area contributed by atoms with E-state index in [1.54, 1.807) is 19.0 Å². The molecule has 20 heteroatoms. The van der Waals surface area contributed by atoms with Crippen molar-refractivity contribution in [3.63, 3.8) is 0 Å². The molecular weight excluding hydrogens is 885 g/mol. The molecule has 0 radical (unpaired) electrons. The zero-order valence-corrected chi connectivity index (χ0v) is 38.7. The number of carboxylic acids is 4. The summed E-state index contributed by atoms with van der Waals surface area (Å²) in [5.74, 6) is -7.30. The number of fused-ring (bicyclic) bond motifs is 3. The van der Waals surface area contributed by atoms with Crippen molar-refractivity contribution in [2.75, 3.05) is 0 Å². The number of imidazole rings is 6. The van der Waals surface area contributed by atoms with Crippen LogP contribution in [0.2, 0.25) is 0 Å². The second-order valence-corrected chi connectivity index (χ2v) is 15.8. The normalized spacial score (nSPS) is 11.9. The Bertz CT molecular complexity index is 2600. The van der Waals surface area contributed by atoms with E-state index in [0.29, 0.717) is 18.1 Å². The molecule has 7 N–H and O–H groups in total. The number of aromatic nitrogens is 12. The number of aromatic amines is 3. The third-order valence-corrected chi connectivity index (χ3v) is 11.0. The first kappa shape index (κ1) is 51.6. The molecule has 69 heavy (non-hydrogen) atoms. The van der Waals surface area contributed by atoms with Crippen molar-refractivity contribution in [1.29, 1.82) is 0 Å². The van der Waals surface area contributed by atoms with Crippen LogP contribution in [0.5, 0.6) is 0 Å². The van der Waals surface area contributed by atoms with Gasteiger partial charge in [0.25, 0.3) is 0 Å². The van der Waals surface area contributed by atoms with E-state index in [4.69, 9.17) is 39.6 Å². The molecule has 0 aliphatic rings. The van der Waals surface area contributed by atoms with E-state index in [-0.39, 0.29) is 0 Å². The van der Waals surface area contributed by atoms with Gasteiger partial charge in [0, 0.05) is 37.2 Å². The molecule has 9 rings (SSSR count). The van der Waals surface area contributed by atoms with Gasteiger partial charge in [-0.2, -0.15) is 0 Å². The third kappa shape index (κ3) is 15.3. The number of unbranched alkanes of at least 4 members (excludes halogenated alkanes) is 3. The minimum absolute atomic E-state index is 0.351. The maximum Gasteiger partial charge on any atom is 0.414 e. The topological polar surface area (TPSA) is 289 Å². The Hall–Kier alpha value is -8.42. The molecule has 0 aliphatic carbocycles. The van der Waals surface area contributed by atoms with E-state index >= 15 is 0 Å². The minimum Gasteiger partial charge on any atom is -0.473 e. The number of H-pyrrole nitrogens is 3. The number of hydrogen-bond acceptors (Lipinski definition) is 10. The third-order valence-electron chi connectivity index (χ3n) is 11.0. The van der Waals surface area contributed by atoms with Gasteiger partial charge in [-0.15, -0.1) is 0 Å². The van der Waals surface area contributed by atoms with Crippen LogP contribution >= 0.6 is 0 Å². The van der Waals surface area contributed by atoms with E-state index in [2.05, 4.69) is 134 Å². The van der Waals surface area contributed by atoms with Crippen LogP contribution in [0.3, 0.4) is 0 Å². The monoisotopic (exact) mass is 942 g/mol. The highest BCUT2D eigenvalue weighted by Gasteiger charge is 2.16. The number of carbonyl (C=O) groups is 4. The van der Waals surface area contributed by atoms with Gasteiger partial charge in [0.15, 0.2) is 0 Å². The van der Waals surface area contributed by atoms with Crippen molar-refractivity contribution in [3.8, 4) is 0 Å². The highest BCUT2D eigenvalue weighted by atomic mass is 16.4. The summed E-state index contributed by atoms with van der Waals surface area (Å²) in [6, 6.07) is 20.4. The van der Waals surface area contributed by atoms with E-state index in [9.17, 15) is 0 Å². The molecule has 3 unspecified atom stereocenters. The summed E-state index contributed by atoms with van der Waals surface area (Å²) in [7, 11) is 0. The standard InChI is InChI=1S/3C15H18N4.2C2H2O4/c3*1-2-3-4-15(19-8-7-16-11-19)12-5-6-13-14(9-12)18-10-17-13;2*3-1(4)2(5)6/h3*5-11,15H,2-4H2,1H3,(H,17,18);2*(H,3,4)(H,5,6). The van der Waals surface area contributed by atoms with E-state index < -0.39 is 23.9 Å². The summed E-state index contributed by atoms with van der Waals surface area (Å²) < 4.78 is 6.55. The number of benzene rings is 3. The van der Waals surface area contributed by atoms with E-state index in [1.807, 2.05) is 56.2 Å². The molecule has 3 atom stereocenters. The van der Waals surface area contributed by atoms with Crippen molar-refractivity contribution >= 4 is 57.0 Å². The maximum atomic E-state index is 9.10. The molecule has 0 saturated carbocycles. The molecule has 6 heterocycles. The zero-order chi connectivity index (χ0) is 49.5. The summed E-state index contributed by atoms with van der Waals surface area (Å²) in [6.45, 7) is 6.67. The van der Waals surface area contributed by atoms with Crippen LogP contribution < -0.4 is 0 Å². The number of rotatable bonds is 15. The lowest BCUT2D eigenvalue weighted by Crippen LogP contribution is -2.09. The summed E-state index contributed by atoms with van der Waals surface area (Å²) in [6.07, 6.45) is 33.2. The summed E-state index contributed by atoms with van der Waals surface area (Å²) >= 11 is 0. The van der Waals surface area contributed by atoms with Crippen LogP contribution in [0, 0.1) is 0 Å². The molecule has 0 amide bonds. The molecule has 6 aromatic heterocycles. The highest BCUT2D eigenvalue weighted by Crippen LogP contribution is 2.29. The largest absolute Gasteiger partial charge is 0.473 e. The van der Waals surface area contributed by atoms with Gasteiger partial charge in [-0.1, -0.05) is 77.5 Å². The van der Waals surface area contributed by atoms with Gasteiger partial charge in [0.1, 0.15) is 0 Å². The molecule has 0 aliphatic heterocycles. The highest BCUT2D eigenvalue weighted by molar-refractivity contribution is 6.27. The van der Waals surface area contributed by atoms with Gasteiger partial charge in [0.2, 0.25) is 0 Å². The Morgan fingerprint density at radius 1 is 0.464 bits per heavy atom. The lowest BCUT2D eigenvalue weighted by atomic mass is 10.0. The minimum atomic E-state index is -1.82. The van der Waals surface area contributed by atoms with E-state index in [1.165, 1.54) is 55.2 Å². The fourth-order valence-corrected chi connectivity index (χ4v) is 7.49. The summed E-state index contributed by atoms with van der Waals surface area (Å²) in [5, 5.41) is 29.6.